The molecule has 1 aliphatic rings. The lowest BCUT2D eigenvalue weighted by molar-refractivity contribution is 0.0389. The molecule has 0 aromatic rings. The molecule has 106 valence electrons. The highest BCUT2D eigenvalue weighted by Gasteiger charge is 2.09. The van der Waals surface area contributed by atoms with E-state index >= 15 is 0 Å². The van der Waals surface area contributed by atoms with Crippen molar-refractivity contribution in [3.8, 4) is 0 Å². The van der Waals surface area contributed by atoms with Gasteiger partial charge in [0.05, 0.1) is 13.2 Å². The third-order valence-electron chi connectivity index (χ3n) is 3.13. The first-order valence-electron chi connectivity index (χ1n) is 7.14. The fourth-order valence-corrected chi connectivity index (χ4v) is 2.17. The van der Waals surface area contributed by atoms with Gasteiger partial charge in [0.15, 0.2) is 5.11 Å². The van der Waals surface area contributed by atoms with E-state index in [0.717, 1.165) is 51.0 Å². The zero-order valence-electron chi connectivity index (χ0n) is 11.5. The van der Waals surface area contributed by atoms with Gasteiger partial charge in [-0.25, -0.2) is 0 Å². The van der Waals surface area contributed by atoms with Gasteiger partial charge in [0.2, 0.25) is 0 Å². The molecule has 1 heterocycles. The van der Waals surface area contributed by atoms with Crippen molar-refractivity contribution in [2.24, 2.45) is 0 Å². The van der Waals surface area contributed by atoms with Gasteiger partial charge in [-0.2, -0.15) is 0 Å². The Morgan fingerprint density at radius 3 is 2.56 bits per heavy atom. The average Bonchev–Trinajstić information content (AvgIpc) is 2.40. The van der Waals surface area contributed by atoms with Crippen molar-refractivity contribution in [3.63, 3.8) is 0 Å². The van der Waals surface area contributed by atoms with Gasteiger partial charge in [-0.15, -0.1) is 0 Å². The van der Waals surface area contributed by atoms with Crippen LogP contribution >= 0.6 is 12.2 Å². The van der Waals surface area contributed by atoms with Gasteiger partial charge in [-0.3, -0.25) is 4.90 Å². The Labute approximate surface area is 116 Å². The number of hydrogen-bond acceptors (Lipinski definition) is 3. The minimum Gasteiger partial charge on any atom is -0.379 e. The molecule has 0 saturated carbocycles. The van der Waals surface area contributed by atoms with E-state index in [0.29, 0.717) is 0 Å². The number of hydrogen-bond donors (Lipinski definition) is 2. The molecule has 1 saturated heterocycles. The summed E-state index contributed by atoms with van der Waals surface area (Å²) in [4.78, 5) is 2.40. The van der Waals surface area contributed by atoms with E-state index in [1.165, 1.54) is 25.7 Å². The molecule has 0 aliphatic carbocycles. The van der Waals surface area contributed by atoms with E-state index in [4.69, 9.17) is 17.0 Å². The van der Waals surface area contributed by atoms with Crippen LogP contribution in [-0.2, 0) is 4.74 Å². The first-order valence-corrected chi connectivity index (χ1v) is 7.55. The minimum absolute atomic E-state index is 0.791. The van der Waals surface area contributed by atoms with E-state index < -0.39 is 0 Å². The fraction of sp³-hybridized carbons (Fsp3) is 0.923. The molecule has 5 heteroatoms. The summed E-state index contributed by atoms with van der Waals surface area (Å²) in [6.45, 7) is 8.98. The number of unbranched alkanes of at least 4 members (excludes halogenated alkanes) is 3. The molecule has 1 aliphatic heterocycles. The summed E-state index contributed by atoms with van der Waals surface area (Å²) in [5.41, 5.74) is 0. The van der Waals surface area contributed by atoms with E-state index in [1.807, 2.05) is 0 Å². The van der Waals surface area contributed by atoms with Crippen LogP contribution in [0.2, 0.25) is 0 Å². The van der Waals surface area contributed by atoms with Gasteiger partial charge < -0.3 is 15.4 Å². The molecule has 1 fully saturated rings. The average molecular weight is 273 g/mol. The summed E-state index contributed by atoms with van der Waals surface area (Å²) in [7, 11) is 0. The summed E-state index contributed by atoms with van der Waals surface area (Å²) in [5, 5.41) is 7.31. The van der Waals surface area contributed by atoms with Crippen LogP contribution < -0.4 is 10.6 Å². The van der Waals surface area contributed by atoms with Gasteiger partial charge in [-0.1, -0.05) is 26.2 Å². The number of rotatable bonds is 8. The maximum Gasteiger partial charge on any atom is 0.166 e. The largest absolute Gasteiger partial charge is 0.379 e. The molecule has 0 aromatic carbocycles. The third kappa shape index (κ3) is 7.84. The van der Waals surface area contributed by atoms with Crippen molar-refractivity contribution in [1.29, 1.82) is 0 Å². The Bertz CT molecular complexity index is 220. The quantitative estimate of drug-likeness (QED) is 0.516. The number of thiocarbonyl (C=S) groups is 1. The smallest absolute Gasteiger partial charge is 0.166 e. The Balaban J connectivity index is 1.89. The third-order valence-corrected chi connectivity index (χ3v) is 3.42. The van der Waals surface area contributed by atoms with Crippen LogP contribution in [0.4, 0.5) is 0 Å². The molecular formula is C13H27N3OS. The van der Waals surface area contributed by atoms with Crippen molar-refractivity contribution in [3.05, 3.63) is 0 Å². The molecule has 0 unspecified atom stereocenters. The molecule has 0 radical (unpaired) electrons. The number of morpholine rings is 1. The first kappa shape index (κ1) is 15.7. The number of nitrogens with zero attached hydrogens (tertiary/aromatic N) is 1. The van der Waals surface area contributed by atoms with Crippen LogP contribution in [0.1, 0.15) is 32.6 Å². The maximum atomic E-state index is 5.31. The highest BCUT2D eigenvalue weighted by molar-refractivity contribution is 7.80. The Morgan fingerprint density at radius 2 is 1.83 bits per heavy atom. The molecule has 4 nitrogen and oxygen atoms in total. The van der Waals surface area contributed by atoms with Crippen molar-refractivity contribution >= 4 is 17.3 Å². The van der Waals surface area contributed by atoms with Crippen molar-refractivity contribution in [1.82, 2.24) is 15.5 Å². The fourth-order valence-electron chi connectivity index (χ4n) is 1.97. The summed E-state index contributed by atoms with van der Waals surface area (Å²) < 4.78 is 5.31. The molecule has 0 bridgehead atoms. The Hall–Kier alpha value is -0.390. The highest BCUT2D eigenvalue weighted by Crippen LogP contribution is 1.97. The molecule has 0 aromatic heterocycles. The van der Waals surface area contributed by atoms with Crippen molar-refractivity contribution in [2.45, 2.75) is 32.6 Å². The highest BCUT2D eigenvalue weighted by atomic mass is 32.1. The van der Waals surface area contributed by atoms with Crippen LogP contribution in [0.15, 0.2) is 0 Å². The normalized spacial score (nSPS) is 16.5. The van der Waals surface area contributed by atoms with Crippen molar-refractivity contribution in [2.75, 3.05) is 45.9 Å². The predicted octanol–water partition coefficient (Wildman–Crippen LogP) is 1.36. The topological polar surface area (TPSA) is 36.5 Å². The van der Waals surface area contributed by atoms with Crippen LogP contribution in [0.5, 0.6) is 0 Å². The van der Waals surface area contributed by atoms with Crippen LogP contribution in [0.25, 0.3) is 0 Å². The van der Waals surface area contributed by atoms with E-state index in [9.17, 15) is 0 Å². The van der Waals surface area contributed by atoms with Crippen LogP contribution in [0, 0.1) is 0 Å². The maximum absolute atomic E-state index is 5.31. The Morgan fingerprint density at radius 1 is 1.11 bits per heavy atom. The van der Waals surface area contributed by atoms with Gasteiger partial charge in [0, 0.05) is 32.7 Å². The van der Waals surface area contributed by atoms with Gasteiger partial charge in [0.1, 0.15) is 0 Å². The molecule has 0 atom stereocenters. The molecule has 18 heavy (non-hydrogen) atoms. The predicted molar refractivity (Wildman–Crippen MR) is 80.0 cm³/mol. The van der Waals surface area contributed by atoms with Crippen LogP contribution in [-0.4, -0.2) is 55.9 Å². The lowest BCUT2D eigenvalue weighted by Gasteiger charge is -2.26. The zero-order valence-corrected chi connectivity index (χ0v) is 12.4. The number of nitrogens with one attached hydrogen (secondary N) is 2. The van der Waals surface area contributed by atoms with Gasteiger partial charge in [0.25, 0.3) is 0 Å². The number of ether oxygens (including phenoxy) is 1. The molecule has 0 amide bonds. The zero-order chi connectivity index (χ0) is 13.1. The van der Waals surface area contributed by atoms with Crippen LogP contribution in [0.3, 0.4) is 0 Å². The first-order chi connectivity index (χ1) is 8.83. The van der Waals surface area contributed by atoms with Gasteiger partial charge >= 0.3 is 0 Å². The monoisotopic (exact) mass is 273 g/mol. The lowest BCUT2D eigenvalue weighted by Crippen LogP contribution is -2.43. The minimum atomic E-state index is 0.791. The summed E-state index contributed by atoms with van der Waals surface area (Å²) in [5.74, 6) is 0. The van der Waals surface area contributed by atoms with E-state index in [-0.39, 0.29) is 0 Å². The SMILES string of the molecule is CCCCCCNC(=S)NCCN1CCOCC1. The second-order valence-electron chi connectivity index (χ2n) is 4.70. The second kappa shape index (κ2) is 10.5. The molecular weight excluding hydrogens is 246 g/mol. The summed E-state index contributed by atoms with van der Waals surface area (Å²) >= 11 is 5.23. The second-order valence-corrected chi connectivity index (χ2v) is 5.11. The molecule has 1 rings (SSSR count). The molecule has 0 spiro atoms. The Kier molecular flexibility index (Phi) is 9.16. The lowest BCUT2D eigenvalue weighted by atomic mass is 10.2. The van der Waals surface area contributed by atoms with E-state index in [2.05, 4.69) is 22.5 Å². The van der Waals surface area contributed by atoms with Crippen molar-refractivity contribution < 1.29 is 4.74 Å². The van der Waals surface area contributed by atoms with E-state index in [1.54, 1.807) is 0 Å². The summed E-state index contributed by atoms with van der Waals surface area (Å²) in [6, 6.07) is 0. The van der Waals surface area contributed by atoms with Gasteiger partial charge in [-0.05, 0) is 18.6 Å². The standard InChI is InChI=1S/C13H27N3OS/c1-2-3-4-5-6-14-13(18)15-7-8-16-9-11-17-12-10-16/h2-12H2,1H3,(H2,14,15,18). The molecule has 2 N–H and O–H groups in total. The summed E-state index contributed by atoms with van der Waals surface area (Å²) in [6.07, 6.45) is 5.10.